The number of aromatic carboxylic acids is 1. The van der Waals surface area contributed by atoms with Crippen LogP contribution in [-0.4, -0.2) is 25.2 Å². The maximum atomic E-state index is 13.6. The maximum Gasteiger partial charge on any atom is 0.337 e. The molecule has 1 aliphatic rings. The fourth-order valence-corrected chi connectivity index (χ4v) is 4.40. The Hall–Kier alpha value is -1.14. The molecule has 7 heteroatoms. The lowest BCUT2D eigenvalue weighted by atomic mass is 10.1. The average Bonchev–Trinajstić information content (AvgIpc) is 2.83. The van der Waals surface area contributed by atoms with Crippen LogP contribution in [0.4, 0.5) is 4.39 Å². The van der Waals surface area contributed by atoms with Crippen LogP contribution in [0, 0.1) is 11.7 Å². The number of hydrogen-bond acceptors (Lipinski definition) is 3. The van der Waals surface area contributed by atoms with E-state index in [1.54, 1.807) is 0 Å². The predicted octanol–water partition coefficient (Wildman–Crippen LogP) is 3.14. The van der Waals surface area contributed by atoms with Crippen LogP contribution in [0.5, 0.6) is 0 Å². The first-order chi connectivity index (χ1) is 9.31. The van der Waals surface area contributed by atoms with Gasteiger partial charge in [0.2, 0.25) is 0 Å². The van der Waals surface area contributed by atoms with Crippen LogP contribution in [-0.2, 0) is 9.84 Å². The molecule has 0 bridgehead atoms. The van der Waals surface area contributed by atoms with Gasteiger partial charge in [-0.2, -0.15) is 0 Å². The van der Waals surface area contributed by atoms with Crippen molar-refractivity contribution in [1.82, 2.24) is 0 Å². The number of carboxylic acid groups (broad SMARTS) is 1. The van der Waals surface area contributed by atoms with Crippen molar-refractivity contribution in [3.63, 3.8) is 0 Å². The van der Waals surface area contributed by atoms with Crippen LogP contribution in [0.3, 0.4) is 0 Å². The van der Waals surface area contributed by atoms with E-state index in [9.17, 15) is 17.6 Å². The lowest BCUT2D eigenvalue weighted by Crippen LogP contribution is -2.15. The largest absolute Gasteiger partial charge is 0.478 e. The zero-order valence-electron chi connectivity index (χ0n) is 10.6. The quantitative estimate of drug-likeness (QED) is 0.925. The van der Waals surface area contributed by atoms with Gasteiger partial charge in [-0.1, -0.05) is 24.4 Å². The van der Waals surface area contributed by atoms with Gasteiger partial charge in [-0.3, -0.25) is 0 Å². The smallest absolute Gasteiger partial charge is 0.337 e. The highest BCUT2D eigenvalue weighted by atomic mass is 35.5. The molecule has 4 nitrogen and oxygen atoms in total. The van der Waals surface area contributed by atoms with Crippen molar-refractivity contribution < 1.29 is 22.7 Å². The minimum Gasteiger partial charge on any atom is -0.478 e. The van der Waals surface area contributed by atoms with Gasteiger partial charge < -0.3 is 5.11 Å². The highest BCUT2D eigenvalue weighted by molar-refractivity contribution is 7.91. The van der Waals surface area contributed by atoms with E-state index in [0.29, 0.717) is 0 Å². The molecule has 1 fully saturated rings. The Balaban J connectivity index is 2.38. The van der Waals surface area contributed by atoms with Crippen molar-refractivity contribution in [3.8, 4) is 0 Å². The third-order valence-corrected chi connectivity index (χ3v) is 5.77. The molecule has 0 heterocycles. The van der Waals surface area contributed by atoms with Gasteiger partial charge in [0.15, 0.2) is 9.84 Å². The molecule has 0 spiro atoms. The van der Waals surface area contributed by atoms with Crippen molar-refractivity contribution in [2.75, 3.05) is 5.75 Å². The normalized spacial score (nSPS) is 16.5. The first-order valence-electron chi connectivity index (χ1n) is 6.26. The molecule has 0 saturated heterocycles. The summed E-state index contributed by atoms with van der Waals surface area (Å²) in [6.07, 6.45) is 3.66. The molecule has 0 amide bonds. The summed E-state index contributed by atoms with van der Waals surface area (Å²) >= 11 is 5.53. The number of carboxylic acids is 1. The second-order valence-corrected chi connectivity index (χ2v) is 7.42. The molecule has 1 aromatic carbocycles. The number of benzene rings is 1. The molecular formula is C13H14ClFO4S. The molecule has 1 N–H and O–H groups in total. The van der Waals surface area contributed by atoms with Gasteiger partial charge in [-0.25, -0.2) is 17.6 Å². The number of sulfone groups is 1. The van der Waals surface area contributed by atoms with E-state index in [2.05, 4.69) is 0 Å². The molecule has 0 unspecified atom stereocenters. The Kier molecular flexibility index (Phi) is 4.34. The summed E-state index contributed by atoms with van der Waals surface area (Å²) < 4.78 is 38.0. The third kappa shape index (κ3) is 3.12. The predicted molar refractivity (Wildman–Crippen MR) is 72.4 cm³/mol. The second-order valence-electron chi connectivity index (χ2n) is 5.00. The molecule has 1 saturated carbocycles. The number of rotatable bonds is 4. The molecule has 0 atom stereocenters. The van der Waals surface area contributed by atoms with Gasteiger partial charge in [0, 0.05) is 0 Å². The van der Waals surface area contributed by atoms with Gasteiger partial charge >= 0.3 is 5.97 Å². The first-order valence-corrected chi connectivity index (χ1v) is 8.29. The Morgan fingerprint density at radius 3 is 2.50 bits per heavy atom. The molecule has 110 valence electrons. The van der Waals surface area contributed by atoms with Gasteiger partial charge in [-0.15, -0.1) is 0 Å². The molecular weight excluding hydrogens is 307 g/mol. The number of halogens is 2. The van der Waals surface area contributed by atoms with E-state index < -0.39 is 32.2 Å². The summed E-state index contributed by atoms with van der Waals surface area (Å²) in [4.78, 5) is 10.6. The molecule has 0 aromatic heterocycles. The van der Waals surface area contributed by atoms with Crippen LogP contribution >= 0.6 is 11.6 Å². The van der Waals surface area contributed by atoms with Gasteiger partial charge in [0.05, 0.1) is 21.2 Å². The van der Waals surface area contributed by atoms with Crippen LogP contribution in [0.2, 0.25) is 5.02 Å². The zero-order valence-corrected chi connectivity index (χ0v) is 12.2. The fourth-order valence-electron chi connectivity index (χ4n) is 2.48. The minimum atomic E-state index is -3.70. The molecule has 1 aromatic rings. The molecule has 20 heavy (non-hydrogen) atoms. The molecule has 0 radical (unpaired) electrons. The third-order valence-electron chi connectivity index (χ3n) is 3.52. The molecule has 1 aliphatic carbocycles. The second kappa shape index (κ2) is 5.69. The summed E-state index contributed by atoms with van der Waals surface area (Å²) in [6, 6.07) is 1.72. The summed E-state index contributed by atoms with van der Waals surface area (Å²) in [7, 11) is -3.70. The van der Waals surface area contributed by atoms with Crippen LogP contribution in [0.1, 0.15) is 36.0 Å². The van der Waals surface area contributed by atoms with Crippen molar-refractivity contribution in [2.24, 2.45) is 5.92 Å². The van der Waals surface area contributed by atoms with E-state index in [1.807, 2.05) is 0 Å². The highest BCUT2D eigenvalue weighted by Crippen LogP contribution is 2.30. The van der Waals surface area contributed by atoms with E-state index in [0.717, 1.165) is 37.8 Å². The summed E-state index contributed by atoms with van der Waals surface area (Å²) in [5.41, 5.74) is -0.531. The van der Waals surface area contributed by atoms with Crippen LogP contribution < -0.4 is 0 Å². The van der Waals surface area contributed by atoms with E-state index in [-0.39, 0.29) is 16.6 Å². The monoisotopic (exact) mass is 320 g/mol. The van der Waals surface area contributed by atoms with Crippen molar-refractivity contribution in [1.29, 1.82) is 0 Å². The highest BCUT2D eigenvalue weighted by Gasteiger charge is 2.26. The SMILES string of the molecule is O=C(O)c1cc(S(=O)(=O)CC2CCCC2)cc(F)c1Cl. The van der Waals surface area contributed by atoms with Crippen molar-refractivity contribution in [2.45, 2.75) is 30.6 Å². The van der Waals surface area contributed by atoms with E-state index in [1.165, 1.54) is 0 Å². The number of hydrogen-bond donors (Lipinski definition) is 1. The van der Waals surface area contributed by atoms with Gasteiger partial charge in [-0.05, 0) is 30.9 Å². The fraction of sp³-hybridized carbons (Fsp3) is 0.462. The van der Waals surface area contributed by atoms with Crippen molar-refractivity contribution >= 4 is 27.4 Å². The molecule has 2 rings (SSSR count). The Labute approximate surface area is 121 Å². The van der Waals surface area contributed by atoms with Gasteiger partial charge in [0.1, 0.15) is 5.82 Å². The van der Waals surface area contributed by atoms with E-state index in [4.69, 9.17) is 16.7 Å². The van der Waals surface area contributed by atoms with Gasteiger partial charge in [0.25, 0.3) is 0 Å². The van der Waals surface area contributed by atoms with E-state index >= 15 is 0 Å². The topological polar surface area (TPSA) is 71.4 Å². The Morgan fingerprint density at radius 1 is 1.35 bits per heavy atom. The standard InChI is InChI=1S/C13H14ClFO4S/c14-12-10(13(16)17)5-9(6-11(12)15)20(18,19)7-8-3-1-2-4-8/h5-6,8H,1-4,7H2,(H,16,17). The minimum absolute atomic E-state index is 0.0621. The molecule has 0 aliphatic heterocycles. The van der Waals surface area contributed by atoms with Crippen molar-refractivity contribution in [3.05, 3.63) is 28.5 Å². The summed E-state index contributed by atoms with van der Waals surface area (Å²) in [6.45, 7) is 0. The van der Waals surface area contributed by atoms with Crippen LogP contribution in [0.25, 0.3) is 0 Å². The lowest BCUT2D eigenvalue weighted by molar-refractivity contribution is 0.0696. The van der Waals surface area contributed by atoms with Crippen LogP contribution in [0.15, 0.2) is 17.0 Å². The number of carbonyl (C=O) groups is 1. The average molecular weight is 321 g/mol. The summed E-state index contributed by atoms with van der Waals surface area (Å²) in [5, 5.41) is 8.35. The lowest BCUT2D eigenvalue weighted by Gasteiger charge is -2.11. The Morgan fingerprint density at radius 2 is 1.95 bits per heavy atom. The first kappa shape index (κ1) is 15.3. The summed E-state index contributed by atoms with van der Waals surface area (Å²) in [5.74, 6) is -2.50. The Bertz CT molecular complexity index is 636. The maximum absolute atomic E-state index is 13.6. The zero-order chi connectivity index (χ0) is 14.9.